The van der Waals surface area contributed by atoms with E-state index in [9.17, 15) is 9.18 Å². The first-order valence-electron chi connectivity index (χ1n) is 6.03. The van der Waals surface area contributed by atoms with Gasteiger partial charge >= 0.3 is 0 Å². The van der Waals surface area contributed by atoms with Gasteiger partial charge in [0.2, 0.25) is 0 Å². The molecule has 0 radical (unpaired) electrons. The second-order valence-corrected chi connectivity index (χ2v) is 4.33. The van der Waals surface area contributed by atoms with E-state index in [-0.39, 0.29) is 17.5 Å². The highest BCUT2D eigenvalue weighted by Crippen LogP contribution is 2.09. The summed E-state index contributed by atoms with van der Waals surface area (Å²) in [7, 11) is 0. The Morgan fingerprint density at radius 3 is 2.94 bits per heavy atom. The Hall–Kier alpha value is -1.42. The van der Waals surface area contributed by atoms with Crippen LogP contribution in [0.1, 0.15) is 29.6 Å². The molecule has 1 aliphatic rings. The van der Waals surface area contributed by atoms with Crippen LogP contribution in [-0.4, -0.2) is 25.0 Å². The molecule has 1 aliphatic heterocycles. The van der Waals surface area contributed by atoms with Gasteiger partial charge in [-0.3, -0.25) is 4.79 Å². The first-order chi connectivity index (χ1) is 8.27. The predicted octanol–water partition coefficient (Wildman–Crippen LogP) is 1.70. The average molecular weight is 236 g/mol. The van der Waals surface area contributed by atoms with Crippen LogP contribution in [0.3, 0.4) is 0 Å². The molecule has 4 heteroatoms. The van der Waals surface area contributed by atoms with Crippen LogP contribution < -0.4 is 10.6 Å². The molecule has 1 aromatic rings. The maximum atomic E-state index is 13.4. The number of hydrogen-bond acceptors (Lipinski definition) is 2. The fraction of sp³-hybridized carbons (Fsp3) is 0.462. The molecule has 1 aromatic carbocycles. The fourth-order valence-corrected chi connectivity index (χ4v) is 2.07. The van der Waals surface area contributed by atoms with Crippen molar-refractivity contribution >= 4 is 5.91 Å². The van der Waals surface area contributed by atoms with Crippen LogP contribution in [0.25, 0.3) is 0 Å². The van der Waals surface area contributed by atoms with Crippen molar-refractivity contribution < 1.29 is 9.18 Å². The van der Waals surface area contributed by atoms with Gasteiger partial charge in [0.15, 0.2) is 0 Å². The molecular formula is C13H17FN2O. The lowest BCUT2D eigenvalue weighted by atomic mass is 10.1. The summed E-state index contributed by atoms with van der Waals surface area (Å²) in [6.45, 7) is 1.90. The minimum atomic E-state index is -0.461. The van der Waals surface area contributed by atoms with Gasteiger partial charge < -0.3 is 10.6 Å². The van der Waals surface area contributed by atoms with Gasteiger partial charge in [-0.2, -0.15) is 0 Å². The number of benzene rings is 1. The molecule has 0 saturated carbocycles. The second kappa shape index (κ2) is 5.77. The topological polar surface area (TPSA) is 41.1 Å². The zero-order chi connectivity index (χ0) is 12.1. The molecule has 2 N–H and O–H groups in total. The van der Waals surface area contributed by atoms with Crippen molar-refractivity contribution in [2.75, 3.05) is 13.1 Å². The average Bonchev–Trinajstić information content (AvgIpc) is 2.58. The lowest BCUT2D eigenvalue weighted by molar-refractivity contribution is 0.0930. The van der Waals surface area contributed by atoms with Crippen LogP contribution in [0.5, 0.6) is 0 Å². The number of hydrogen-bond donors (Lipinski definition) is 2. The molecule has 3 nitrogen and oxygen atoms in total. The maximum absolute atomic E-state index is 13.4. The van der Waals surface area contributed by atoms with Gasteiger partial charge in [-0.15, -0.1) is 0 Å². The molecule has 1 atom stereocenters. The summed E-state index contributed by atoms with van der Waals surface area (Å²) < 4.78 is 13.4. The molecule has 0 aromatic heterocycles. The molecule has 17 heavy (non-hydrogen) atoms. The largest absolute Gasteiger partial charge is 0.349 e. The van der Waals surface area contributed by atoms with Gasteiger partial charge in [0.05, 0.1) is 5.56 Å². The SMILES string of the molecule is O=C(NC1CCCNCC1)c1ccccc1F. The first-order valence-corrected chi connectivity index (χ1v) is 6.03. The fourth-order valence-electron chi connectivity index (χ4n) is 2.07. The van der Waals surface area contributed by atoms with E-state index in [4.69, 9.17) is 0 Å². The summed E-state index contributed by atoms with van der Waals surface area (Å²) in [4.78, 5) is 11.9. The van der Waals surface area contributed by atoms with Gasteiger partial charge in [-0.25, -0.2) is 4.39 Å². The normalized spacial score (nSPS) is 20.6. The third-order valence-electron chi connectivity index (χ3n) is 3.03. The third kappa shape index (κ3) is 3.27. The van der Waals surface area contributed by atoms with E-state index in [1.54, 1.807) is 12.1 Å². The van der Waals surface area contributed by atoms with E-state index in [1.165, 1.54) is 12.1 Å². The molecule has 0 bridgehead atoms. The lowest BCUT2D eigenvalue weighted by Gasteiger charge is -2.16. The first kappa shape index (κ1) is 12.0. The molecular weight excluding hydrogens is 219 g/mol. The predicted molar refractivity (Wildman–Crippen MR) is 64.4 cm³/mol. The zero-order valence-corrected chi connectivity index (χ0v) is 9.71. The van der Waals surface area contributed by atoms with Crippen molar-refractivity contribution in [1.82, 2.24) is 10.6 Å². The van der Waals surface area contributed by atoms with Crippen LogP contribution >= 0.6 is 0 Å². The molecule has 1 saturated heterocycles. The number of halogens is 1. The van der Waals surface area contributed by atoms with Gasteiger partial charge in [0.25, 0.3) is 5.91 Å². The van der Waals surface area contributed by atoms with Gasteiger partial charge in [0.1, 0.15) is 5.82 Å². The summed E-state index contributed by atoms with van der Waals surface area (Å²) in [5.41, 5.74) is 0.129. The summed E-state index contributed by atoms with van der Waals surface area (Å²) in [6.07, 6.45) is 2.90. The molecule has 1 amide bonds. The molecule has 1 unspecified atom stereocenters. The lowest BCUT2D eigenvalue weighted by Crippen LogP contribution is -2.35. The number of carbonyl (C=O) groups is 1. The van der Waals surface area contributed by atoms with Crippen LogP contribution in [-0.2, 0) is 0 Å². The summed E-state index contributed by atoms with van der Waals surface area (Å²) in [6, 6.07) is 6.23. The van der Waals surface area contributed by atoms with Crippen molar-refractivity contribution in [2.24, 2.45) is 0 Å². The van der Waals surface area contributed by atoms with Crippen molar-refractivity contribution in [3.05, 3.63) is 35.6 Å². The van der Waals surface area contributed by atoms with Crippen molar-refractivity contribution in [2.45, 2.75) is 25.3 Å². The Kier molecular flexibility index (Phi) is 4.09. The number of nitrogens with one attached hydrogen (secondary N) is 2. The number of rotatable bonds is 2. The Labute approximate surface area is 100 Å². The molecule has 2 rings (SSSR count). The molecule has 0 aliphatic carbocycles. The van der Waals surface area contributed by atoms with Gasteiger partial charge in [-0.1, -0.05) is 12.1 Å². The van der Waals surface area contributed by atoms with Crippen LogP contribution in [0, 0.1) is 5.82 Å². The van der Waals surface area contributed by atoms with Crippen LogP contribution in [0.15, 0.2) is 24.3 Å². The monoisotopic (exact) mass is 236 g/mol. The molecule has 0 spiro atoms. The third-order valence-corrected chi connectivity index (χ3v) is 3.03. The Bertz CT molecular complexity index is 387. The second-order valence-electron chi connectivity index (χ2n) is 4.33. The van der Waals surface area contributed by atoms with Crippen molar-refractivity contribution in [3.63, 3.8) is 0 Å². The van der Waals surface area contributed by atoms with E-state index < -0.39 is 5.82 Å². The summed E-state index contributed by atoms with van der Waals surface area (Å²) >= 11 is 0. The van der Waals surface area contributed by atoms with Crippen LogP contribution in [0.2, 0.25) is 0 Å². The highest BCUT2D eigenvalue weighted by molar-refractivity contribution is 5.94. The Morgan fingerprint density at radius 1 is 1.29 bits per heavy atom. The van der Waals surface area contributed by atoms with E-state index in [0.29, 0.717) is 0 Å². The van der Waals surface area contributed by atoms with E-state index in [1.807, 2.05) is 0 Å². The Balaban J connectivity index is 1.98. The minimum absolute atomic E-state index is 0.129. The molecule has 92 valence electrons. The van der Waals surface area contributed by atoms with Crippen molar-refractivity contribution in [3.8, 4) is 0 Å². The van der Waals surface area contributed by atoms with E-state index >= 15 is 0 Å². The van der Waals surface area contributed by atoms with Crippen LogP contribution in [0.4, 0.5) is 4.39 Å². The Morgan fingerprint density at radius 2 is 2.12 bits per heavy atom. The van der Waals surface area contributed by atoms with E-state index in [2.05, 4.69) is 10.6 Å². The van der Waals surface area contributed by atoms with E-state index in [0.717, 1.165) is 32.4 Å². The summed E-state index contributed by atoms with van der Waals surface area (Å²) in [5.74, 6) is -0.772. The highest BCUT2D eigenvalue weighted by Gasteiger charge is 2.17. The summed E-state index contributed by atoms with van der Waals surface area (Å²) in [5, 5.41) is 6.17. The molecule has 1 fully saturated rings. The number of amides is 1. The van der Waals surface area contributed by atoms with Crippen molar-refractivity contribution in [1.29, 1.82) is 0 Å². The minimum Gasteiger partial charge on any atom is -0.349 e. The smallest absolute Gasteiger partial charge is 0.254 e. The van der Waals surface area contributed by atoms with Gasteiger partial charge in [0, 0.05) is 6.04 Å². The number of carbonyl (C=O) groups excluding carboxylic acids is 1. The standard InChI is InChI=1S/C13H17FN2O/c14-12-6-2-1-5-11(12)13(17)16-10-4-3-8-15-9-7-10/h1-2,5-6,10,15H,3-4,7-9H2,(H,16,17). The molecule has 1 heterocycles. The van der Waals surface area contributed by atoms with Gasteiger partial charge in [-0.05, 0) is 44.5 Å². The zero-order valence-electron chi connectivity index (χ0n) is 9.71. The quantitative estimate of drug-likeness (QED) is 0.820. The highest BCUT2D eigenvalue weighted by atomic mass is 19.1. The maximum Gasteiger partial charge on any atom is 0.254 e.